The summed E-state index contributed by atoms with van der Waals surface area (Å²) in [5, 5.41) is 11.7. The zero-order valence-electron chi connectivity index (χ0n) is 16.9. The van der Waals surface area contributed by atoms with Crippen molar-refractivity contribution in [3.8, 4) is 5.69 Å². The van der Waals surface area contributed by atoms with E-state index < -0.39 is 10.0 Å². The molecule has 1 aromatic heterocycles. The lowest BCUT2D eigenvalue weighted by atomic mass is 10.2. The molecule has 3 aromatic rings. The van der Waals surface area contributed by atoms with Gasteiger partial charge in [-0.25, -0.2) is 12.8 Å². The number of hydrogen-bond donors (Lipinski definition) is 0. The zero-order chi connectivity index (χ0) is 21.3. The molecule has 2 heterocycles. The number of rotatable bonds is 5. The van der Waals surface area contributed by atoms with Crippen LogP contribution in [0.25, 0.3) is 5.69 Å². The number of halogens is 1. The normalized spacial score (nSPS) is 16.1. The van der Waals surface area contributed by atoms with E-state index in [0.29, 0.717) is 49.1 Å². The van der Waals surface area contributed by atoms with E-state index >= 15 is 0 Å². The van der Waals surface area contributed by atoms with Gasteiger partial charge in [0.25, 0.3) is 0 Å². The summed E-state index contributed by atoms with van der Waals surface area (Å²) in [7, 11) is -3.53. The van der Waals surface area contributed by atoms with E-state index in [1.165, 1.54) is 21.1 Å². The Labute approximate surface area is 175 Å². The van der Waals surface area contributed by atoms with Crippen molar-refractivity contribution in [1.29, 1.82) is 0 Å². The molecule has 0 radical (unpaired) electrons. The smallest absolute Gasteiger partial charge is 0.243 e. The third kappa shape index (κ3) is 4.11. The van der Waals surface area contributed by atoms with Crippen LogP contribution in [-0.2, 0) is 16.6 Å². The van der Waals surface area contributed by atoms with Crippen molar-refractivity contribution in [2.24, 2.45) is 0 Å². The number of hydrogen-bond acceptors (Lipinski definition) is 6. The molecule has 0 spiro atoms. The fraction of sp³-hybridized carbons (Fsp3) is 0.350. The molecule has 2 aromatic carbocycles. The number of nitrogens with zero attached hydrogens (tertiary/aromatic N) is 6. The first-order valence-electron chi connectivity index (χ1n) is 9.67. The van der Waals surface area contributed by atoms with Gasteiger partial charge in [0.15, 0.2) is 5.82 Å². The van der Waals surface area contributed by atoms with Crippen LogP contribution in [0.15, 0.2) is 47.4 Å². The van der Waals surface area contributed by atoms with Crippen LogP contribution < -0.4 is 0 Å². The minimum atomic E-state index is -3.53. The van der Waals surface area contributed by atoms with Gasteiger partial charge in [0.2, 0.25) is 10.0 Å². The molecule has 1 aliphatic heterocycles. The summed E-state index contributed by atoms with van der Waals surface area (Å²) < 4.78 is 42.7. The van der Waals surface area contributed by atoms with Gasteiger partial charge in [0.1, 0.15) is 5.82 Å². The topological polar surface area (TPSA) is 84.2 Å². The van der Waals surface area contributed by atoms with E-state index in [4.69, 9.17) is 0 Å². The third-order valence-electron chi connectivity index (χ3n) is 5.23. The van der Waals surface area contributed by atoms with Gasteiger partial charge in [-0.05, 0) is 54.1 Å². The minimum Gasteiger partial charge on any atom is -0.293 e. The maximum absolute atomic E-state index is 13.5. The van der Waals surface area contributed by atoms with Gasteiger partial charge in [-0.2, -0.15) is 8.99 Å². The summed E-state index contributed by atoms with van der Waals surface area (Å²) in [4.78, 5) is 2.45. The molecule has 10 heteroatoms. The first kappa shape index (κ1) is 20.6. The van der Waals surface area contributed by atoms with Crippen molar-refractivity contribution < 1.29 is 12.8 Å². The van der Waals surface area contributed by atoms with Crippen molar-refractivity contribution in [3.63, 3.8) is 0 Å². The Morgan fingerprint density at radius 2 is 1.80 bits per heavy atom. The minimum absolute atomic E-state index is 0.358. The van der Waals surface area contributed by atoms with Gasteiger partial charge in [0, 0.05) is 26.2 Å². The van der Waals surface area contributed by atoms with E-state index in [0.717, 1.165) is 11.1 Å². The molecular weight excluding hydrogens is 407 g/mol. The summed E-state index contributed by atoms with van der Waals surface area (Å²) in [6.45, 7) is 6.09. The first-order valence-corrected chi connectivity index (χ1v) is 11.1. The number of piperazine rings is 1. The van der Waals surface area contributed by atoms with E-state index in [1.54, 1.807) is 18.2 Å². The molecule has 0 saturated carbocycles. The lowest BCUT2D eigenvalue weighted by Gasteiger charge is -2.33. The van der Waals surface area contributed by atoms with E-state index in [1.807, 2.05) is 26.0 Å². The second kappa shape index (κ2) is 8.21. The molecule has 1 saturated heterocycles. The van der Waals surface area contributed by atoms with Crippen molar-refractivity contribution in [2.45, 2.75) is 25.3 Å². The molecular formula is C20H23FN6O2S. The molecule has 0 bridgehead atoms. The Balaban J connectivity index is 1.44. The highest BCUT2D eigenvalue weighted by Crippen LogP contribution is 2.22. The molecule has 0 amide bonds. The largest absolute Gasteiger partial charge is 0.293 e. The molecule has 0 unspecified atom stereocenters. The van der Waals surface area contributed by atoms with Crippen LogP contribution in [0, 0.1) is 19.7 Å². The molecule has 158 valence electrons. The number of tetrazole rings is 1. The van der Waals surface area contributed by atoms with Crippen LogP contribution in [0.5, 0.6) is 0 Å². The SMILES string of the molecule is Cc1ccc(S(=O)(=O)N2CCN(Cc3nnnn3-c3cccc(F)c3)CC2)c(C)c1. The van der Waals surface area contributed by atoms with Gasteiger partial charge in [-0.15, -0.1) is 5.10 Å². The molecule has 0 aliphatic carbocycles. The number of aromatic nitrogens is 4. The standard InChI is InChI=1S/C20H23FN6O2S/c1-15-6-7-19(16(2)12-15)30(28,29)26-10-8-25(9-11-26)14-20-22-23-24-27(20)18-5-3-4-17(21)13-18/h3-7,12-13H,8-11,14H2,1-2H3. The second-order valence-corrected chi connectivity index (χ2v) is 9.34. The van der Waals surface area contributed by atoms with E-state index in [9.17, 15) is 12.8 Å². The molecule has 1 aliphatic rings. The highest BCUT2D eigenvalue weighted by Gasteiger charge is 2.30. The summed E-state index contributed by atoms with van der Waals surface area (Å²) >= 11 is 0. The first-order chi connectivity index (χ1) is 14.3. The highest BCUT2D eigenvalue weighted by atomic mass is 32.2. The number of benzene rings is 2. The Kier molecular flexibility index (Phi) is 5.63. The molecule has 30 heavy (non-hydrogen) atoms. The maximum atomic E-state index is 13.5. The fourth-order valence-corrected chi connectivity index (χ4v) is 5.30. The van der Waals surface area contributed by atoms with Crippen LogP contribution in [0.2, 0.25) is 0 Å². The maximum Gasteiger partial charge on any atom is 0.243 e. The predicted molar refractivity (Wildman–Crippen MR) is 109 cm³/mol. The van der Waals surface area contributed by atoms with Crippen LogP contribution in [0.1, 0.15) is 17.0 Å². The van der Waals surface area contributed by atoms with Gasteiger partial charge in [0.05, 0.1) is 17.1 Å². The van der Waals surface area contributed by atoms with Crippen LogP contribution in [-0.4, -0.2) is 64.0 Å². The highest BCUT2D eigenvalue weighted by molar-refractivity contribution is 7.89. The van der Waals surface area contributed by atoms with Gasteiger partial charge in [-0.3, -0.25) is 4.90 Å². The monoisotopic (exact) mass is 430 g/mol. The molecule has 4 rings (SSSR count). The molecule has 0 N–H and O–H groups in total. The number of sulfonamides is 1. The van der Waals surface area contributed by atoms with Crippen molar-refractivity contribution >= 4 is 10.0 Å². The second-order valence-electron chi connectivity index (χ2n) is 7.44. The molecule has 0 atom stereocenters. The van der Waals surface area contributed by atoms with Crippen molar-refractivity contribution in [3.05, 3.63) is 65.2 Å². The van der Waals surface area contributed by atoms with Gasteiger partial charge in [-0.1, -0.05) is 23.8 Å². The summed E-state index contributed by atoms with van der Waals surface area (Å²) in [5.41, 5.74) is 2.34. The van der Waals surface area contributed by atoms with Crippen LogP contribution in [0.3, 0.4) is 0 Å². The summed E-state index contributed by atoms with van der Waals surface area (Å²) in [6, 6.07) is 11.5. The van der Waals surface area contributed by atoms with Gasteiger partial charge < -0.3 is 0 Å². The Hall–Kier alpha value is -2.69. The number of aryl methyl sites for hydroxylation is 2. The third-order valence-corrected chi connectivity index (χ3v) is 7.29. The quantitative estimate of drug-likeness (QED) is 0.615. The molecule has 1 fully saturated rings. The summed E-state index contributed by atoms with van der Waals surface area (Å²) in [5.74, 6) is 0.213. The summed E-state index contributed by atoms with van der Waals surface area (Å²) in [6.07, 6.45) is 0. The Morgan fingerprint density at radius 1 is 1.03 bits per heavy atom. The van der Waals surface area contributed by atoms with Crippen LogP contribution in [0.4, 0.5) is 4.39 Å². The van der Waals surface area contributed by atoms with E-state index in [-0.39, 0.29) is 5.82 Å². The molecule has 8 nitrogen and oxygen atoms in total. The zero-order valence-corrected chi connectivity index (χ0v) is 17.7. The Bertz CT molecular complexity index is 1160. The van der Waals surface area contributed by atoms with Crippen LogP contribution >= 0.6 is 0 Å². The van der Waals surface area contributed by atoms with Crippen molar-refractivity contribution in [2.75, 3.05) is 26.2 Å². The fourth-order valence-electron chi connectivity index (χ4n) is 3.67. The lowest BCUT2D eigenvalue weighted by molar-refractivity contribution is 0.177. The lowest BCUT2D eigenvalue weighted by Crippen LogP contribution is -2.48. The van der Waals surface area contributed by atoms with Gasteiger partial charge >= 0.3 is 0 Å². The Morgan fingerprint density at radius 3 is 2.50 bits per heavy atom. The predicted octanol–water partition coefficient (Wildman–Crippen LogP) is 1.92. The van der Waals surface area contributed by atoms with Crippen molar-refractivity contribution in [1.82, 2.24) is 29.4 Å². The average Bonchev–Trinajstić information content (AvgIpc) is 3.16. The van der Waals surface area contributed by atoms with E-state index in [2.05, 4.69) is 20.4 Å². The average molecular weight is 431 g/mol.